The number of carbonyl (C=O) groups is 1. The molecule has 0 saturated heterocycles. The third-order valence-corrected chi connectivity index (χ3v) is 3.58. The van der Waals surface area contributed by atoms with Crippen molar-refractivity contribution in [3.63, 3.8) is 0 Å². The third kappa shape index (κ3) is 5.69. The van der Waals surface area contributed by atoms with Crippen LogP contribution >= 0.6 is 11.8 Å². The molecule has 1 aromatic heterocycles. The minimum atomic E-state index is -0.424. The second kappa shape index (κ2) is 9.47. The number of esters is 1. The number of pyridine rings is 1. The first kappa shape index (κ1) is 16.6. The lowest BCUT2D eigenvalue weighted by atomic mass is 10.2. The van der Waals surface area contributed by atoms with Crippen molar-refractivity contribution in [2.24, 2.45) is 0 Å². The molecule has 1 rings (SSSR count). The van der Waals surface area contributed by atoms with E-state index in [4.69, 9.17) is 10.5 Å². The number of nitrogens with two attached hydrogens (primary N) is 1. The van der Waals surface area contributed by atoms with Crippen molar-refractivity contribution in [1.29, 1.82) is 0 Å². The van der Waals surface area contributed by atoms with Gasteiger partial charge in [-0.05, 0) is 30.9 Å². The van der Waals surface area contributed by atoms with E-state index in [0.29, 0.717) is 17.1 Å². The Morgan fingerprint density at radius 1 is 1.40 bits per heavy atom. The van der Waals surface area contributed by atoms with Crippen LogP contribution in [0.15, 0.2) is 12.3 Å². The normalized spacial score (nSPS) is 10.3. The summed E-state index contributed by atoms with van der Waals surface area (Å²) in [6.07, 6.45) is 8.39. The van der Waals surface area contributed by atoms with Crippen LogP contribution in [0.2, 0.25) is 0 Å². The van der Waals surface area contributed by atoms with Crippen LogP contribution in [-0.4, -0.2) is 36.6 Å². The van der Waals surface area contributed by atoms with Gasteiger partial charge in [0.1, 0.15) is 11.4 Å². The number of hydrogen-bond donors (Lipinski definition) is 2. The number of ether oxygens (including phenoxy) is 1. The third-order valence-electron chi connectivity index (χ3n) is 2.88. The fourth-order valence-corrected chi connectivity index (χ4v) is 2.31. The fraction of sp³-hybridized carbons (Fsp3) is 0.571. The maximum atomic E-state index is 11.6. The minimum absolute atomic E-state index is 0.384. The molecule has 3 N–H and O–H groups in total. The van der Waals surface area contributed by atoms with Crippen molar-refractivity contribution in [3.05, 3.63) is 17.8 Å². The maximum absolute atomic E-state index is 11.6. The minimum Gasteiger partial charge on any atom is -0.465 e. The van der Waals surface area contributed by atoms with E-state index in [1.54, 1.807) is 6.07 Å². The molecule has 0 fully saturated rings. The molecule has 0 aromatic carbocycles. The summed E-state index contributed by atoms with van der Waals surface area (Å²) < 4.78 is 4.73. The number of methoxy groups -OCH3 is 1. The van der Waals surface area contributed by atoms with E-state index in [1.165, 1.54) is 38.3 Å². The molecule has 1 aromatic rings. The van der Waals surface area contributed by atoms with Gasteiger partial charge in [0, 0.05) is 6.54 Å². The van der Waals surface area contributed by atoms with Gasteiger partial charge in [0.2, 0.25) is 0 Å². The standard InChI is InChI=1S/C14H23N3O2S/c1-19-14(18)12-9-11(15)10-17-13(12)16-7-5-3-4-6-8-20-2/h9-10H,3-8,15H2,1-2H3,(H,16,17). The van der Waals surface area contributed by atoms with E-state index in [9.17, 15) is 4.79 Å². The Kier molecular flexibility index (Phi) is 7.87. The van der Waals surface area contributed by atoms with Crippen LogP contribution in [0.1, 0.15) is 36.0 Å². The average molecular weight is 297 g/mol. The summed E-state index contributed by atoms with van der Waals surface area (Å²) in [7, 11) is 1.35. The van der Waals surface area contributed by atoms with Crippen LogP contribution < -0.4 is 11.1 Å². The van der Waals surface area contributed by atoms with E-state index in [2.05, 4.69) is 16.6 Å². The second-order valence-electron chi connectivity index (χ2n) is 4.49. The maximum Gasteiger partial charge on any atom is 0.341 e. The summed E-state index contributed by atoms with van der Waals surface area (Å²) >= 11 is 1.88. The van der Waals surface area contributed by atoms with Crippen LogP contribution in [0.4, 0.5) is 11.5 Å². The van der Waals surface area contributed by atoms with Gasteiger partial charge in [-0.3, -0.25) is 0 Å². The molecule has 5 nitrogen and oxygen atoms in total. The van der Waals surface area contributed by atoms with Crippen molar-refractivity contribution in [3.8, 4) is 0 Å². The Balaban J connectivity index is 2.41. The van der Waals surface area contributed by atoms with Crippen LogP contribution in [0.3, 0.4) is 0 Å². The summed E-state index contributed by atoms with van der Waals surface area (Å²) in [6, 6.07) is 1.58. The van der Waals surface area contributed by atoms with E-state index < -0.39 is 5.97 Å². The van der Waals surface area contributed by atoms with E-state index in [0.717, 1.165) is 13.0 Å². The van der Waals surface area contributed by atoms with Gasteiger partial charge in [-0.15, -0.1) is 0 Å². The van der Waals surface area contributed by atoms with Crippen LogP contribution in [0, 0.1) is 0 Å². The topological polar surface area (TPSA) is 77.2 Å². The van der Waals surface area contributed by atoms with Gasteiger partial charge < -0.3 is 15.8 Å². The zero-order valence-electron chi connectivity index (χ0n) is 12.1. The number of nitrogens with one attached hydrogen (secondary N) is 1. The number of thioether (sulfide) groups is 1. The lowest BCUT2D eigenvalue weighted by Crippen LogP contribution is -2.11. The van der Waals surface area contributed by atoms with Crippen LogP contribution in [-0.2, 0) is 4.74 Å². The van der Waals surface area contributed by atoms with E-state index in [-0.39, 0.29) is 0 Å². The zero-order valence-corrected chi connectivity index (χ0v) is 13.0. The highest BCUT2D eigenvalue weighted by molar-refractivity contribution is 7.98. The molecule has 0 amide bonds. The number of unbranched alkanes of at least 4 members (excludes halogenated alkanes) is 3. The number of hydrogen-bond acceptors (Lipinski definition) is 6. The molecule has 0 bridgehead atoms. The predicted molar refractivity (Wildman–Crippen MR) is 85.3 cm³/mol. The number of carbonyl (C=O) groups excluding carboxylic acids is 1. The van der Waals surface area contributed by atoms with Gasteiger partial charge in [0.05, 0.1) is 19.0 Å². The van der Waals surface area contributed by atoms with Gasteiger partial charge in [-0.2, -0.15) is 11.8 Å². The summed E-state index contributed by atoms with van der Waals surface area (Å²) in [5.74, 6) is 1.34. The van der Waals surface area contributed by atoms with Crippen molar-refractivity contribution in [2.45, 2.75) is 25.7 Å². The number of rotatable bonds is 9. The molecule has 0 atom stereocenters. The molecule has 20 heavy (non-hydrogen) atoms. The molecule has 6 heteroatoms. The Morgan fingerprint density at radius 2 is 2.15 bits per heavy atom. The van der Waals surface area contributed by atoms with Crippen molar-refractivity contribution < 1.29 is 9.53 Å². The first-order valence-corrected chi connectivity index (χ1v) is 8.15. The van der Waals surface area contributed by atoms with Gasteiger partial charge >= 0.3 is 5.97 Å². The molecule has 0 unspecified atom stereocenters. The zero-order chi connectivity index (χ0) is 14.8. The summed E-state index contributed by atoms with van der Waals surface area (Å²) in [5, 5.41) is 3.17. The van der Waals surface area contributed by atoms with E-state index >= 15 is 0 Å². The van der Waals surface area contributed by atoms with Crippen molar-refractivity contribution >= 4 is 29.2 Å². The van der Waals surface area contributed by atoms with Crippen molar-refractivity contribution in [2.75, 3.05) is 36.7 Å². The monoisotopic (exact) mass is 297 g/mol. The molecule has 112 valence electrons. The Labute approximate surface area is 124 Å². The summed E-state index contributed by atoms with van der Waals surface area (Å²) in [4.78, 5) is 15.8. The summed E-state index contributed by atoms with van der Waals surface area (Å²) in [5.41, 5.74) is 6.48. The van der Waals surface area contributed by atoms with Gasteiger partial charge in [0.15, 0.2) is 0 Å². The molecular formula is C14H23N3O2S. The number of nitrogens with zero attached hydrogens (tertiary/aromatic N) is 1. The smallest absolute Gasteiger partial charge is 0.341 e. The predicted octanol–water partition coefficient (Wildman–Crippen LogP) is 2.79. The average Bonchev–Trinajstić information content (AvgIpc) is 2.46. The Morgan fingerprint density at radius 3 is 2.85 bits per heavy atom. The molecule has 0 radical (unpaired) electrons. The Bertz CT molecular complexity index is 427. The fourth-order valence-electron chi connectivity index (χ4n) is 1.82. The first-order valence-electron chi connectivity index (χ1n) is 6.75. The van der Waals surface area contributed by atoms with E-state index in [1.807, 2.05) is 11.8 Å². The largest absolute Gasteiger partial charge is 0.465 e. The number of nitrogen functional groups attached to an aromatic ring is 1. The first-order chi connectivity index (χ1) is 9.69. The lowest BCUT2D eigenvalue weighted by Gasteiger charge is -2.10. The molecule has 0 aliphatic rings. The molecular weight excluding hydrogens is 274 g/mol. The quantitative estimate of drug-likeness (QED) is 0.539. The van der Waals surface area contributed by atoms with Gasteiger partial charge in [0.25, 0.3) is 0 Å². The highest BCUT2D eigenvalue weighted by Crippen LogP contribution is 2.16. The van der Waals surface area contributed by atoms with Gasteiger partial charge in [-0.25, -0.2) is 9.78 Å². The second-order valence-corrected chi connectivity index (χ2v) is 5.48. The molecule has 0 aliphatic carbocycles. The molecule has 0 spiro atoms. The van der Waals surface area contributed by atoms with Crippen LogP contribution in [0.5, 0.6) is 0 Å². The molecule has 0 saturated carbocycles. The molecule has 0 aliphatic heterocycles. The number of anilines is 2. The SMILES string of the molecule is COC(=O)c1cc(N)cnc1NCCCCCCSC. The van der Waals surface area contributed by atoms with Crippen molar-refractivity contribution in [1.82, 2.24) is 4.98 Å². The number of aromatic nitrogens is 1. The molecule has 1 heterocycles. The highest BCUT2D eigenvalue weighted by Gasteiger charge is 2.13. The highest BCUT2D eigenvalue weighted by atomic mass is 32.2. The van der Waals surface area contributed by atoms with Crippen LogP contribution in [0.25, 0.3) is 0 Å². The summed E-state index contributed by atoms with van der Waals surface area (Å²) in [6.45, 7) is 0.792. The van der Waals surface area contributed by atoms with Gasteiger partial charge in [-0.1, -0.05) is 12.8 Å². The Hall–Kier alpha value is -1.43. The lowest BCUT2D eigenvalue weighted by molar-refractivity contribution is 0.0601.